The Morgan fingerprint density at radius 1 is 1.16 bits per heavy atom. The number of nitrogens with one attached hydrogen (secondary N) is 1. The maximum atomic E-state index is 12.9. The van der Waals surface area contributed by atoms with Crippen LogP contribution in [-0.2, 0) is 24.2 Å². The molecule has 7 nitrogen and oxygen atoms in total. The summed E-state index contributed by atoms with van der Waals surface area (Å²) in [6.45, 7) is 8.95. The van der Waals surface area contributed by atoms with Crippen LogP contribution in [0.5, 0.6) is 5.75 Å². The van der Waals surface area contributed by atoms with Crippen LogP contribution < -0.4 is 15.8 Å². The largest absolute Gasteiger partial charge is 0.494 e. The molecule has 2 aromatic rings. The van der Waals surface area contributed by atoms with Gasteiger partial charge in [0.15, 0.2) is 0 Å². The van der Waals surface area contributed by atoms with E-state index >= 15 is 0 Å². The maximum absolute atomic E-state index is 12.9. The molecular formula is C24H32N4O3S. The smallest absolute Gasteiger partial charge is 0.251 e. The summed E-state index contributed by atoms with van der Waals surface area (Å²) in [5.74, 6) is 0.374. The van der Waals surface area contributed by atoms with Gasteiger partial charge in [0, 0.05) is 37.6 Å². The first-order valence-electron chi connectivity index (χ1n) is 11.4. The highest BCUT2D eigenvalue weighted by molar-refractivity contribution is 7.17. The van der Waals surface area contributed by atoms with Crippen LogP contribution in [0.3, 0.4) is 0 Å². The third kappa shape index (κ3) is 4.98. The topological polar surface area (TPSA) is 87.9 Å². The molecule has 32 heavy (non-hydrogen) atoms. The normalized spacial score (nSPS) is 17.7. The number of aryl methyl sites for hydroxylation is 1. The molecular weight excluding hydrogens is 424 g/mol. The predicted octanol–water partition coefficient (Wildman–Crippen LogP) is 2.88. The van der Waals surface area contributed by atoms with Crippen molar-refractivity contribution in [3.63, 3.8) is 0 Å². The zero-order chi connectivity index (χ0) is 22.7. The zero-order valence-electron chi connectivity index (χ0n) is 18.9. The Hall–Kier alpha value is -2.42. The third-order valence-corrected chi connectivity index (χ3v) is 7.59. The van der Waals surface area contributed by atoms with Gasteiger partial charge < -0.3 is 15.8 Å². The lowest BCUT2D eigenvalue weighted by atomic mass is 10.1. The Morgan fingerprint density at radius 2 is 1.88 bits per heavy atom. The summed E-state index contributed by atoms with van der Waals surface area (Å²) in [6, 6.07) is 8.00. The van der Waals surface area contributed by atoms with Gasteiger partial charge in [-0.3, -0.25) is 19.4 Å². The summed E-state index contributed by atoms with van der Waals surface area (Å²) in [6.07, 6.45) is 2.88. The molecule has 3 N–H and O–H groups in total. The minimum atomic E-state index is -0.449. The molecule has 1 unspecified atom stereocenters. The van der Waals surface area contributed by atoms with Crippen molar-refractivity contribution < 1.29 is 14.3 Å². The fourth-order valence-corrected chi connectivity index (χ4v) is 5.86. The number of anilines is 1. The van der Waals surface area contributed by atoms with E-state index in [-0.39, 0.29) is 11.9 Å². The lowest BCUT2D eigenvalue weighted by Crippen LogP contribution is -2.52. The van der Waals surface area contributed by atoms with E-state index in [0.717, 1.165) is 63.3 Å². The summed E-state index contributed by atoms with van der Waals surface area (Å²) < 4.78 is 5.51. The second-order valence-corrected chi connectivity index (χ2v) is 9.59. The predicted molar refractivity (Wildman–Crippen MR) is 127 cm³/mol. The summed E-state index contributed by atoms with van der Waals surface area (Å²) in [7, 11) is 0. The first-order valence-corrected chi connectivity index (χ1v) is 12.2. The van der Waals surface area contributed by atoms with Gasteiger partial charge in [0.25, 0.3) is 5.91 Å². The van der Waals surface area contributed by atoms with Crippen LogP contribution in [0.4, 0.5) is 5.00 Å². The number of rotatable bonds is 8. The summed E-state index contributed by atoms with van der Waals surface area (Å²) >= 11 is 1.51. The molecule has 1 fully saturated rings. The molecule has 1 aliphatic heterocycles. The lowest BCUT2D eigenvalue weighted by molar-refractivity contribution is -0.121. The molecule has 0 bridgehead atoms. The highest BCUT2D eigenvalue weighted by Crippen LogP contribution is 2.39. The fourth-order valence-electron chi connectivity index (χ4n) is 4.56. The first kappa shape index (κ1) is 22.8. The van der Waals surface area contributed by atoms with Crippen LogP contribution >= 0.6 is 11.3 Å². The number of carbonyl (C=O) groups is 2. The van der Waals surface area contributed by atoms with E-state index in [9.17, 15) is 9.59 Å². The van der Waals surface area contributed by atoms with Crippen molar-refractivity contribution in [2.75, 3.05) is 38.1 Å². The number of thiophene rings is 1. The van der Waals surface area contributed by atoms with Gasteiger partial charge in [0.2, 0.25) is 5.91 Å². The molecule has 0 spiro atoms. The number of hydrogen-bond acceptors (Lipinski definition) is 6. The van der Waals surface area contributed by atoms with Crippen molar-refractivity contribution in [3.05, 3.63) is 45.8 Å². The van der Waals surface area contributed by atoms with Crippen molar-refractivity contribution in [1.29, 1.82) is 0 Å². The second kappa shape index (κ2) is 10.0. The summed E-state index contributed by atoms with van der Waals surface area (Å²) in [5.41, 5.74) is 8.44. The lowest BCUT2D eigenvalue weighted by Gasteiger charge is -2.37. The number of primary amides is 1. The number of piperazine rings is 1. The number of fused-ring (bicyclic) bond motifs is 1. The number of nitrogens with zero attached hydrogens (tertiary/aromatic N) is 2. The van der Waals surface area contributed by atoms with E-state index in [2.05, 4.69) is 27.2 Å². The molecule has 2 amide bonds. The van der Waals surface area contributed by atoms with Crippen molar-refractivity contribution in [3.8, 4) is 5.75 Å². The van der Waals surface area contributed by atoms with Crippen molar-refractivity contribution >= 4 is 28.2 Å². The van der Waals surface area contributed by atoms with E-state index in [1.54, 1.807) is 0 Å². The van der Waals surface area contributed by atoms with Gasteiger partial charge in [0.05, 0.1) is 18.2 Å². The minimum Gasteiger partial charge on any atom is -0.494 e. The van der Waals surface area contributed by atoms with Crippen molar-refractivity contribution in [1.82, 2.24) is 9.80 Å². The fraction of sp³-hybridized carbons (Fsp3) is 0.500. The van der Waals surface area contributed by atoms with Gasteiger partial charge in [-0.2, -0.15) is 0 Å². The molecule has 1 aromatic heterocycles. The molecule has 2 aliphatic rings. The van der Waals surface area contributed by atoms with Crippen molar-refractivity contribution in [2.45, 2.75) is 45.7 Å². The Morgan fingerprint density at radius 3 is 2.53 bits per heavy atom. The highest BCUT2D eigenvalue weighted by atomic mass is 32.1. The number of carbonyl (C=O) groups excluding carboxylic acids is 2. The van der Waals surface area contributed by atoms with Gasteiger partial charge >= 0.3 is 0 Å². The Balaban J connectivity index is 1.30. The molecule has 2 heterocycles. The number of benzene rings is 1. The Labute approximate surface area is 193 Å². The Bertz CT molecular complexity index is 964. The number of hydrogen-bond donors (Lipinski definition) is 2. The number of amides is 2. The Kier molecular flexibility index (Phi) is 7.13. The van der Waals surface area contributed by atoms with Gasteiger partial charge in [-0.15, -0.1) is 11.3 Å². The van der Waals surface area contributed by atoms with E-state index in [0.29, 0.717) is 17.2 Å². The molecule has 1 aliphatic carbocycles. The van der Waals surface area contributed by atoms with Crippen LogP contribution in [0.1, 0.15) is 46.6 Å². The van der Waals surface area contributed by atoms with Crippen molar-refractivity contribution in [2.24, 2.45) is 5.73 Å². The van der Waals surface area contributed by atoms with Gasteiger partial charge in [0.1, 0.15) is 10.8 Å². The first-order chi connectivity index (χ1) is 15.5. The van der Waals surface area contributed by atoms with Crippen LogP contribution in [0.15, 0.2) is 24.3 Å². The van der Waals surface area contributed by atoms with Crippen LogP contribution in [-0.4, -0.2) is 60.4 Å². The van der Waals surface area contributed by atoms with E-state index in [1.165, 1.54) is 21.8 Å². The average molecular weight is 457 g/mol. The summed E-state index contributed by atoms with van der Waals surface area (Å²) in [5, 5.41) is 3.62. The average Bonchev–Trinajstić information content (AvgIpc) is 3.36. The van der Waals surface area contributed by atoms with Gasteiger partial charge in [-0.25, -0.2) is 0 Å². The van der Waals surface area contributed by atoms with E-state index in [1.807, 2.05) is 26.0 Å². The van der Waals surface area contributed by atoms with E-state index < -0.39 is 5.91 Å². The summed E-state index contributed by atoms with van der Waals surface area (Å²) in [4.78, 5) is 30.7. The van der Waals surface area contributed by atoms with Crippen LogP contribution in [0.25, 0.3) is 0 Å². The molecule has 1 aromatic carbocycles. The SMILES string of the molecule is CCOc1ccc(CN2CCN(C(C)C(=O)Nc3sc4c(c3C(N)=O)CCC4)CC2)cc1. The molecule has 1 atom stereocenters. The van der Waals surface area contributed by atoms with Crippen LogP contribution in [0, 0.1) is 0 Å². The molecule has 8 heteroatoms. The molecule has 4 rings (SSSR count). The zero-order valence-corrected chi connectivity index (χ0v) is 19.7. The monoisotopic (exact) mass is 456 g/mol. The highest BCUT2D eigenvalue weighted by Gasteiger charge is 2.29. The third-order valence-electron chi connectivity index (χ3n) is 6.38. The maximum Gasteiger partial charge on any atom is 0.251 e. The van der Waals surface area contributed by atoms with E-state index in [4.69, 9.17) is 10.5 Å². The van der Waals surface area contributed by atoms with Crippen LogP contribution in [0.2, 0.25) is 0 Å². The number of ether oxygens (including phenoxy) is 1. The van der Waals surface area contributed by atoms with Gasteiger partial charge in [-0.1, -0.05) is 12.1 Å². The second-order valence-electron chi connectivity index (χ2n) is 8.48. The van der Waals surface area contributed by atoms with Gasteiger partial charge in [-0.05, 0) is 56.4 Å². The molecule has 0 radical (unpaired) electrons. The minimum absolute atomic E-state index is 0.0765. The number of nitrogens with two attached hydrogens (primary N) is 1. The molecule has 172 valence electrons. The molecule has 0 saturated carbocycles. The molecule has 1 saturated heterocycles. The quantitative estimate of drug-likeness (QED) is 0.638. The standard InChI is InChI=1S/C24H32N4O3S/c1-3-31-18-9-7-17(8-10-18)15-27-11-13-28(14-12-27)16(2)23(30)26-24-21(22(25)29)19-5-4-6-20(19)32-24/h7-10,16H,3-6,11-15H2,1-2H3,(H2,25,29)(H,26,30).